The highest BCUT2D eigenvalue weighted by atomic mass is 16.5. The van der Waals surface area contributed by atoms with Crippen LogP contribution in [0.3, 0.4) is 0 Å². The number of hydrogen-bond acceptors (Lipinski definition) is 4. The Hall–Kier alpha value is -2.36. The van der Waals surface area contributed by atoms with Crippen molar-refractivity contribution in [1.29, 1.82) is 0 Å². The highest BCUT2D eigenvalue weighted by Gasteiger charge is 2.13. The van der Waals surface area contributed by atoms with Crippen molar-refractivity contribution < 1.29 is 13.9 Å². The fourth-order valence-corrected chi connectivity index (χ4v) is 1.59. The van der Waals surface area contributed by atoms with E-state index in [1.165, 1.54) is 7.11 Å². The number of hydrogen-bond donors (Lipinski definition) is 0. The Labute approximate surface area is 97.1 Å². The first-order valence-corrected chi connectivity index (χ1v) is 4.94. The van der Waals surface area contributed by atoms with Gasteiger partial charge in [-0.25, -0.2) is 9.59 Å². The molecule has 86 valence electrons. The molecule has 2 aromatic rings. The van der Waals surface area contributed by atoms with Crippen LogP contribution in [-0.2, 0) is 4.74 Å². The van der Waals surface area contributed by atoms with Gasteiger partial charge in [0, 0.05) is 11.5 Å². The third kappa shape index (κ3) is 1.97. The number of fused-ring (bicyclic) bond motifs is 1. The first-order chi connectivity index (χ1) is 8.15. The molecule has 0 saturated heterocycles. The highest BCUT2D eigenvalue weighted by molar-refractivity contribution is 6.03. The van der Waals surface area contributed by atoms with Crippen LogP contribution in [0.2, 0.25) is 0 Å². The van der Waals surface area contributed by atoms with E-state index >= 15 is 0 Å². The van der Waals surface area contributed by atoms with Gasteiger partial charge >= 0.3 is 11.6 Å². The maximum atomic E-state index is 11.6. The number of carbonyl (C=O) groups is 1. The molecule has 0 atom stereocenters. The second-order valence-corrected chi connectivity index (χ2v) is 3.43. The summed E-state index contributed by atoms with van der Waals surface area (Å²) in [5, 5.41) is 0.536. The monoisotopic (exact) mass is 230 g/mol. The molecule has 0 spiro atoms. The van der Waals surface area contributed by atoms with Gasteiger partial charge in [0.2, 0.25) is 0 Å². The van der Waals surface area contributed by atoms with Gasteiger partial charge in [0.15, 0.2) is 0 Å². The molecule has 2 rings (SSSR count). The van der Waals surface area contributed by atoms with Crippen molar-refractivity contribution in [2.45, 2.75) is 0 Å². The summed E-state index contributed by atoms with van der Waals surface area (Å²) in [6.45, 7) is 3.64. The van der Waals surface area contributed by atoms with E-state index in [9.17, 15) is 9.59 Å². The first-order valence-electron chi connectivity index (χ1n) is 4.94. The summed E-state index contributed by atoms with van der Waals surface area (Å²) in [5.74, 6) is -0.566. The fourth-order valence-electron chi connectivity index (χ4n) is 1.59. The minimum absolute atomic E-state index is 0.197. The van der Waals surface area contributed by atoms with E-state index in [-0.39, 0.29) is 5.56 Å². The van der Waals surface area contributed by atoms with Crippen LogP contribution in [0.25, 0.3) is 17.0 Å². The van der Waals surface area contributed by atoms with Gasteiger partial charge in [-0.15, -0.1) is 0 Å². The van der Waals surface area contributed by atoms with Gasteiger partial charge in [0.05, 0.1) is 12.7 Å². The van der Waals surface area contributed by atoms with Crippen molar-refractivity contribution in [3.8, 4) is 0 Å². The average molecular weight is 230 g/mol. The largest absolute Gasteiger partial charge is 0.465 e. The molecule has 1 heterocycles. The Morgan fingerprint density at radius 1 is 1.41 bits per heavy atom. The number of esters is 1. The van der Waals surface area contributed by atoms with Crippen LogP contribution < -0.4 is 5.63 Å². The SMILES string of the molecule is C=Cc1ccc2oc(=O)cc(C(=O)OC)c2c1. The molecule has 0 amide bonds. The predicted molar refractivity (Wildman–Crippen MR) is 63.9 cm³/mol. The van der Waals surface area contributed by atoms with Gasteiger partial charge in [-0.2, -0.15) is 0 Å². The molecule has 0 aliphatic carbocycles. The van der Waals surface area contributed by atoms with Crippen molar-refractivity contribution in [2.75, 3.05) is 7.11 Å². The van der Waals surface area contributed by atoms with E-state index in [0.29, 0.717) is 11.0 Å². The second-order valence-electron chi connectivity index (χ2n) is 3.43. The minimum atomic E-state index is -0.579. The molecule has 1 aromatic carbocycles. The third-order valence-corrected chi connectivity index (χ3v) is 2.41. The normalized spacial score (nSPS) is 10.2. The molecule has 4 heteroatoms. The van der Waals surface area contributed by atoms with Crippen LogP contribution in [0.1, 0.15) is 15.9 Å². The van der Waals surface area contributed by atoms with E-state index in [2.05, 4.69) is 11.3 Å². The summed E-state index contributed by atoms with van der Waals surface area (Å²) < 4.78 is 9.63. The summed E-state index contributed by atoms with van der Waals surface area (Å²) in [4.78, 5) is 22.8. The third-order valence-electron chi connectivity index (χ3n) is 2.41. The first kappa shape index (κ1) is 11.1. The summed E-state index contributed by atoms with van der Waals surface area (Å²) in [5.41, 5.74) is 0.798. The second kappa shape index (κ2) is 4.25. The maximum Gasteiger partial charge on any atom is 0.338 e. The van der Waals surface area contributed by atoms with Gasteiger partial charge in [-0.05, 0) is 17.7 Å². The molecule has 0 bridgehead atoms. The van der Waals surface area contributed by atoms with Crippen molar-refractivity contribution in [1.82, 2.24) is 0 Å². The van der Waals surface area contributed by atoms with Crippen molar-refractivity contribution in [2.24, 2.45) is 0 Å². The Balaban J connectivity index is 2.83. The summed E-state index contributed by atoms with van der Waals surface area (Å²) in [6.07, 6.45) is 1.64. The van der Waals surface area contributed by atoms with Crippen LogP contribution >= 0.6 is 0 Å². The number of methoxy groups -OCH3 is 1. The fraction of sp³-hybridized carbons (Fsp3) is 0.0769. The lowest BCUT2D eigenvalue weighted by molar-refractivity contribution is 0.0602. The smallest absolute Gasteiger partial charge is 0.338 e. The molecule has 0 aliphatic heterocycles. The van der Waals surface area contributed by atoms with Gasteiger partial charge in [-0.1, -0.05) is 18.7 Å². The van der Waals surface area contributed by atoms with Crippen molar-refractivity contribution in [3.63, 3.8) is 0 Å². The molecule has 0 radical (unpaired) electrons. The molecule has 0 unspecified atom stereocenters. The number of rotatable bonds is 2. The van der Waals surface area contributed by atoms with E-state index in [1.54, 1.807) is 24.3 Å². The van der Waals surface area contributed by atoms with Crippen LogP contribution in [-0.4, -0.2) is 13.1 Å². The average Bonchev–Trinajstić information content (AvgIpc) is 2.36. The zero-order valence-electron chi connectivity index (χ0n) is 9.23. The topological polar surface area (TPSA) is 56.5 Å². The van der Waals surface area contributed by atoms with Crippen LogP contribution in [0.4, 0.5) is 0 Å². The van der Waals surface area contributed by atoms with E-state index < -0.39 is 11.6 Å². The van der Waals surface area contributed by atoms with Gasteiger partial charge in [0.25, 0.3) is 0 Å². The molecule has 1 aromatic heterocycles. The molecule has 0 aliphatic rings. The van der Waals surface area contributed by atoms with E-state index in [1.807, 2.05) is 0 Å². The Bertz CT molecular complexity index is 652. The van der Waals surface area contributed by atoms with Gasteiger partial charge in [0.1, 0.15) is 5.58 Å². The molecule has 17 heavy (non-hydrogen) atoms. The Morgan fingerprint density at radius 3 is 2.82 bits per heavy atom. The Kier molecular flexibility index (Phi) is 2.78. The minimum Gasteiger partial charge on any atom is -0.465 e. The molecule has 0 fully saturated rings. The standard InChI is InChI=1S/C13H10O4/c1-3-8-4-5-11-9(6-8)10(13(15)16-2)7-12(14)17-11/h3-7H,1H2,2H3. The van der Waals surface area contributed by atoms with Gasteiger partial charge in [-0.3, -0.25) is 0 Å². The predicted octanol–water partition coefficient (Wildman–Crippen LogP) is 2.22. The van der Waals surface area contributed by atoms with Crippen LogP contribution in [0.5, 0.6) is 0 Å². The van der Waals surface area contributed by atoms with Crippen molar-refractivity contribution >= 4 is 23.0 Å². The number of carbonyl (C=O) groups excluding carboxylic acids is 1. The zero-order chi connectivity index (χ0) is 12.4. The molecule has 0 saturated carbocycles. The zero-order valence-corrected chi connectivity index (χ0v) is 9.23. The lowest BCUT2D eigenvalue weighted by Crippen LogP contribution is -2.08. The van der Waals surface area contributed by atoms with E-state index in [4.69, 9.17) is 4.42 Å². The molecule has 0 N–H and O–H groups in total. The van der Waals surface area contributed by atoms with Crippen LogP contribution in [0.15, 0.2) is 40.1 Å². The van der Waals surface area contributed by atoms with Crippen LogP contribution in [0, 0.1) is 0 Å². The Morgan fingerprint density at radius 2 is 2.18 bits per heavy atom. The lowest BCUT2D eigenvalue weighted by Gasteiger charge is -2.04. The highest BCUT2D eigenvalue weighted by Crippen LogP contribution is 2.20. The lowest BCUT2D eigenvalue weighted by atomic mass is 10.1. The quantitative estimate of drug-likeness (QED) is 0.586. The summed E-state index contributed by atoms with van der Waals surface area (Å²) >= 11 is 0. The van der Waals surface area contributed by atoms with Gasteiger partial charge < -0.3 is 9.15 Å². The summed E-state index contributed by atoms with van der Waals surface area (Å²) in [7, 11) is 1.26. The summed E-state index contributed by atoms with van der Waals surface area (Å²) in [6, 6.07) is 6.22. The molecule has 4 nitrogen and oxygen atoms in total. The van der Waals surface area contributed by atoms with E-state index in [0.717, 1.165) is 11.6 Å². The number of ether oxygens (including phenoxy) is 1. The van der Waals surface area contributed by atoms with Crippen molar-refractivity contribution in [3.05, 3.63) is 52.4 Å². The molecular formula is C13H10O4. The number of benzene rings is 1. The maximum absolute atomic E-state index is 11.6. The molecular weight excluding hydrogens is 220 g/mol.